The van der Waals surface area contributed by atoms with Gasteiger partial charge in [-0.3, -0.25) is 0 Å². The highest BCUT2D eigenvalue weighted by Crippen LogP contribution is 2.33. The van der Waals surface area contributed by atoms with Crippen molar-refractivity contribution in [2.24, 2.45) is 0 Å². The van der Waals surface area contributed by atoms with Crippen molar-refractivity contribution in [3.63, 3.8) is 0 Å². The molecule has 12 heteroatoms. The molecule has 0 aliphatic heterocycles. The molecule has 2 aromatic carbocycles. The number of hydrogen-bond acceptors (Lipinski definition) is 12. The number of rotatable bonds is 20. The quantitative estimate of drug-likeness (QED) is 0.0472. The molecule has 0 aromatic heterocycles. The lowest BCUT2D eigenvalue weighted by Crippen LogP contribution is -2.21. The minimum atomic E-state index is -0.827. The van der Waals surface area contributed by atoms with Gasteiger partial charge in [0.2, 0.25) is 0 Å². The largest absolute Gasteiger partial charge is 0.513 e. The fourth-order valence-corrected chi connectivity index (χ4v) is 4.06. The third-order valence-electron chi connectivity index (χ3n) is 6.88. The summed E-state index contributed by atoms with van der Waals surface area (Å²) >= 11 is 0. The molecule has 0 heterocycles. The van der Waals surface area contributed by atoms with Crippen LogP contribution in [0.15, 0.2) is 72.8 Å². The zero-order valence-electron chi connectivity index (χ0n) is 29.2. The molecule has 0 saturated carbocycles. The number of ether oxygens (including phenoxy) is 8. The lowest BCUT2D eigenvalue weighted by Gasteiger charge is -2.26. The third kappa shape index (κ3) is 15.4. The molecule has 2 atom stereocenters. The second-order valence-electron chi connectivity index (χ2n) is 11.9. The van der Waals surface area contributed by atoms with Crippen LogP contribution in [-0.4, -0.2) is 76.1 Å². The van der Waals surface area contributed by atoms with Gasteiger partial charge >= 0.3 is 24.2 Å². The number of carbonyl (C=O) groups excluding carboxylic acids is 4. The Bertz CT molecular complexity index is 1290. The van der Waals surface area contributed by atoms with Gasteiger partial charge in [-0.2, -0.15) is 0 Å². The fraction of sp³-hybridized carbons (Fsp3) is 0.459. The van der Waals surface area contributed by atoms with Crippen LogP contribution >= 0.6 is 0 Å². The third-order valence-corrected chi connectivity index (χ3v) is 6.88. The van der Waals surface area contributed by atoms with Crippen LogP contribution in [0.5, 0.6) is 11.5 Å². The van der Waals surface area contributed by atoms with E-state index in [4.69, 9.17) is 37.9 Å². The topological polar surface area (TPSA) is 142 Å². The summed E-state index contributed by atoms with van der Waals surface area (Å²) in [6.07, 6.45) is -1.59. The van der Waals surface area contributed by atoms with Crippen molar-refractivity contribution in [2.45, 2.75) is 72.0 Å². The van der Waals surface area contributed by atoms with Gasteiger partial charge in [-0.15, -0.1) is 0 Å². The smallest absolute Gasteiger partial charge is 0.457 e. The molecule has 0 radical (unpaired) electrons. The minimum absolute atomic E-state index is 0.105. The molecular formula is C37H48O12. The van der Waals surface area contributed by atoms with Crippen LogP contribution < -0.4 is 9.47 Å². The normalized spacial score (nSPS) is 12.2. The molecule has 0 amide bonds. The average Bonchev–Trinajstić information content (AvgIpc) is 3.04. The summed E-state index contributed by atoms with van der Waals surface area (Å²) in [6.45, 7) is 19.0. The molecule has 0 saturated heterocycles. The maximum absolute atomic E-state index is 12.1. The highest BCUT2D eigenvalue weighted by atomic mass is 16.7. The second-order valence-corrected chi connectivity index (χ2v) is 11.9. The molecule has 0 bridgehead atoms. The van der Waals surface area contributed by atoms with Gasteiger partial charge in [0.05, 0.1) is 26.4 Å². The maximum atomic E-state index is 12.1. The first-order valence-electron chi connectivity index (χ1n) is 16.0. The van der Waals surface area contributed by atoms with Crippen molar-refractivity contribution < 1.29 is 57.1 Å². The van der Waals surface area contributed by atoms with Crippen LogP contribution in [-0.2, 0) is 43.4 Å². The van der Waals surface area contributed by atoms with E-state index in [9.17, 15) is 19.2 Å². The van der Waals surface area contributed by atoms with Crippen molar-refractivity contribution >= 4 is 24.2 Å². The molecule has 2 rings (SSSR count). The van der Waals surface area contributed by atoms with Gasteiger partial charge < -0.3 is 37.9 Å². The molecule has 49 heavy (non-hydrogen) atoms. The van der Waals surface area contributed by atoms with Gasteiger partial charge in [0, 0.05) is 42.6 Å². The van der Waals surface area contributed by atoms with Gasteiger partial charge in [0.1, 0.15) is 23.7 Å². The van der Waals surface area contributed by atoms with E-state index in [0.717, 1.165) is 11.1 Å². The second kappa shape index (κ2) is 20.6. The molecule has 0 fully saturated rings. The van der Waals surface area contributed by atoms with E-state index in [-0.39, 0.29) is 26.4 Å². The van der Waals surface area contributed by atoms with Crippen molar-refractivity contribution in [2.75, 3.05) is 39.6 Å². The number of esters is 2. The van der Waals surface area contributed by atoms with Crippen molar-refractivity contribution in [3.8, 4) is 11.5 Å². The lowest BCUT2D eigenvalue weighted by atomic mass is 9.78. The first-order chi connectivity index (χ1) is 23.2. The molecule has 0 aliphatic rings. The van der Waals surface area contributed by atoms with Crippen molar-refractivity contribution in [1.82, 2.24) is 0 Å². The number of benzene rings is 2. The SMILES string of the molecule is C=C(C)C(=O)OC(C)COCCCOC(=O)Oc1ccc(C(C)(C)c2ccc(OC(=O)OCCCOCC(C)OC(=O)C(=C)C)cc2)cc1. The molecule has 0 N–H and O–H groups in total. The monoisotopic (exact) mass is 684 g/mol. The lowest BCUT2D eigenvalue weighted by molar-refractivity contribution is -0.147. The zero-order chi connectivity index (χ0) is 36.4. The average molecular weight is 685 g/mol. The molecular weight excluding hydrogens is 636 g/mol. The van der Waals surface area contributed by atoms with E-state index < -0.39 is 41.9 Å². The van der Waals surface area contributed by atoms with Crippen LogP contribution in [0.2, 0.25) is 0 Å². The van der Waals surface area contributed by atoms with E-state index in [1.165, 1.54) is 0 Å². The summed E-state index contributed by atoms with van der Waals surface area (Å²) < 4.78 is 41.9. The Morgan fingerprint density at radius 1 is 0.612 bits per heavy atom. The highest BCUT2D eigenvalue weighted by molar-refractivity contribution is 5.87. The highest BCUT2D eigenvalue weighted by Gasteiger charge is 2.24. The zero-order valence-corrected chi connectivity index (χ0v) is 29.2. The van der Waals surface area contributed by atoms with E-state index in [2.05, 4.69) is 13.2 Å². The van der Waals surface area contributed by atoms with Crippen LogP contribution in [0.25, 0.3) is 0 Å². The Labute approximate surface area is 288 Å². The Morgan fingerprint density at radius 3 is 1.29 bits per heavy atom. The summed E-state index contributed by atoms with van der Waals surface area (Å²) in [6, 6.07) is 14.2. The molecule has 2 unspecified atom stereocenters. The Balaban J connectivity index is 1.69. The number of carbonyl (C=O) groups is 4. The summed E-state index contributed by atoms with van der Waals surface area (Å²) in [7, 11) is 0. The molecule has 2 aromatic rings. The summed E-state index contributed by atoms with van der Waals surface area (Å²) in [5, 5.41) is 0. The van der Waals surface area contributed by atoms with Gasteiger partial charge in [0.25, 0.3) is 0 Å². The van der Waals surface area contributed by atoms with Gasteiger partial charge in [0.15, 0.2) is 0 Å². The summed E-state index contributed by atoms with van der Waals surface area (Å²) in [5.74, 6) is -0.267. The molecule has 0 aliphatic carbocycles. The van der Waals surface area contributed by atoms with Crippen LogP contribution in [0.4, 0.5) is 9.59 Å². The van der Waals surface area contributed by atoms with Crippen LogP contribution in [0.1, 0.15) is 65.5 Å². The molecule has 12 nitrogen and oxygen atoms in total. The standard InChI is InChI=1S/C37H48O12/c1-25(2)33(38)46-27(5)23-42-19-9-21-44-35(40)48-31-15-11-29(12-16-31)37(7,8)30-13-17-32(18-14-30)49-36(41)45-22-10-20-43-24-28(6)47-34(39)26(3)4/h11-18,27-28H,1,3,9-10,19-24H2,2,4-8H3. The van der Waals surface area contributed by atoms with E-state index in [1.807, 2.05) is 38.1 Å². The van der Waals surface area contributed by atoms with E-state index in [0.29, 0.717) is 48.7 Å². The first kappa shape index (κ1) is 40.5. The molecule has 0 spiro atoms. The summed E-state index contributed by atoms with van der Waals surface area (Å²) in [5.41, 5.74) is 2.15. The van der Waals surface area contributed by atoms with E-state index >= 15 is 0 Å². The van der Waals surface area contributed by atoms with Crippen molar-refractivity contribution in [1.29, 1.82) is 0 Å². The predicted molar refractivity (Wildman–Crippen MR) is 181 cm³/mol. The Kier molecular flexibility index (Phi) is 17.1. The van der Waals surface area contributed by atoms with Gasteiger partial charge in [-0.1, -0.05) is 51.3 Å². The van der Waals surface area contributed by atoms with E-state index in [1.54, 1.807) is 52.0 Å². The van der Waals surface area contributed by atoms with Crippen molar-refractivity contribution in [3.05, 3.63) is 84.0 Å². The number of hydrogen-bond donors (Lipinski definition) is 0. The Hall–Kier alpha value is -4.68. The maximum Gasteiger partial charge on any atom is 0.513 e. The predicted octanol–water partition coefficient (Wildman–Crippen LogP) is 6.87. The van der Waals surface area contributed by atoms with Gasteiger partial charge in [-0.25, -0.2) is 19.2 Å². The fourth-order valence-electron chi connectivity index (χ4n) is 4.06. The minimum Gasteiger partial charge on any atom is -0.457 e. The van der Waals surface area contributed by atoms with Crippen LogP contribution in [0.3, 0.4) is 0 Å². The Morgan fingerprint density at radius 2 is 0.959 bits per heavy atom. The van der Waals surface area contributed by atoms with Crippen LogP contribution in [0, 0.1) is 0 Å². The molecule has 268 valence electrons. The summed E-state index contributed by atoms with van der Waals surface area (Å²) in [4.78, 5) is 47.2. The van der Waals surface area contributed by atoms with Gasteiger partial charge in [-0.05, 0) is 63.1 Å². The first-order valence-corrected chi connectivity index (χ1v) is 16.0.